The Morgan fingerprint density at radius 1 is 0.625 bits per heavy atom. The van der Waals surface area contributed by atoms with Gasteiger partial charge < -0.3 is 0 Å². The summed E-state index contributed by atoms with van der Waals surface area (Å²) in [5.74, 6) is 0. The second kappa shape index (κ2) is 6.25. The predicted molar refractivity (Wildman–Crippen MR) is 98.5 cm³/mol. The van der Waals surface area contributed by atoms with E-state index in [1.54, 1.807) is 38.1 Å². The second-order valence-electron chi connectivity index (χ2n) is 6.27. The maximum absolute atomic E-state index is 13.0. The Morgan fingerprint density at radius 2 is 1.08 bits per heavy atom. The average Bonchev–Trinajstić information content (AvgIpc) is 2.63. The van der Waals surface area contributed by atoms with E-state index in [2.05, 4.69) is 0 Å². The van der Waals surface area contributed by atoms with Gasteiger partial charge in [-0.3, -0.25) is 0 Å². The van der Waals surface area contributed by atoms with Crippen molar-refractivity contribution in [3.8, 4) is 11.1 Å². The number of benzene rings is 3. The van der Waals surface area contributed by atoms with Gasteiger partial charge in [-0.2, -0.15) is 0 Å². The maximum atomic E-state index is 13.0. The maximum Gasteiger partial charge on any atom is 0.187 e. The number of hydrogen-bond acceptors (Lipinski definition) is 2. The summed E-state index contributed by atoms with van der Waals surface area (Å²) in [5, 5.41) is 0. The summed E-state index contributed by atoms with van der Waals surface area (Å²) >= 11 is 0. The highest BCUT2D eigenvalue weighted by atomic mass is 32.2. The van der Waals surface area contributed by atoms with E-state index in [4.69, 9.17) is 0 Å². The van der Waals surface area contributed by atoms with Crippen molar-refractivity contribution in [3.05, 3.63) is 90.5 Å². The van der Waals surface area contributed by atoms with Crippen LogP contribution in [0.1, 0.15) is 19.4 Å². The largest absolute Gasteiger partial charge is 0.223 e. The van der Waals surface area contributed by atoms with Crippen molar-refractivity contribution >= 4 is 9.84 Å². The van der Waals surface area contributed by atoms with Crippen LogP contribution in [-0.4, -0.2) is 8.42 Å². The number of sulfone groups is 1. The van der Waals surface area contributed by atoms with Gasteiger partial charge in [0.15, 0.2) is 9.84 Å². The fourth-order valence-corrected chi connectivity index (χ4v) is 4.30. The summed E-state index contributed by atoms with van der Waals surface area (Å²) in [6, 6.07) is 26.4. The Bertz CT molecular complexity index is 911. The third-order valence-corrected chi connectivity index (χ3v) is 6.88. The summed E-state index contributed by atoms with van der Waals surface area (Å²) in [7, 11) is -3.47. The minimum Gasteiger partial charge on any atom is -0.223 e. The van der Waals surface area contributed by atoms with Gasteiger partial charge in [-0.15, -0.1) is 0 Å². The lowest BCUT2D eigenvalue weighted by Gasteiger charge is -2.25. The van der Waals surface area contributed by atoms with Crippen molar-refractivity contribution in [1.29, 1.82) is 0 Å². The minimum absolute atomic E-state index is 0.349. The molecular formula is C21H20O2S. The molecule has 0 aliphatic carbocycles. The highest BCUT2D eigenvalue weighted by molar-refractivity contribution is 7.92. The van der Waals surface area contributed by atoms with Gasteiger partial charge >= 0.3 is 0 Å². The summed E-state index contributed by atoms with van der Waals surface area (Å²) in [6.45, 7) is 3.51. The van der Waals surface area contributed by atoms with E-state index in [9.17, 15) is 8.42 Å². The SMILES string of the molecule is CC(C)(c1ccc(-c2ccccc2)cc1)S(=O)(=O)c1ccccc1. The zero-order valence-electron chi connectivity index (χ0n) is 13.8. The first-order valence-electron chi connectivity index (χ1n) is 7.88. The van der Waals surface area contributed by atoms with Gasteiger partial charge in [0, 0.05) is 0 Å². The molecule has 3 rings (SSSR count). The van der Waals surface area contributed by atoms with Crippen LogP contribution in [0, 0.1) is 0 Å². The first kappa shape index (κ1) is 16.5. The lowest BCUT2D eigenvalue weighted by Crippen LogP contribution is -2.29. The zero-order chi connectivity index (χ0) is 17.2. The van der Waals surface area contributed by atoms with Gasteiger partial charge in [-0.25, -0.2) is 8.42 Å². The molecule has 122 valence electrons. The molecule has 0 unspecified atom stereocenters. The summed E-state index contributed by atoms with van der Waals surface area (Å²) in [5.41, 5.74) is 2.98. The Labute approximate surface area is 143 Å². The van der Waals surface area contributed by atoms with Gasteiger partial charge in [0.2, 0.25) is 0 Å². The lowest BCUT2D eigenvalue weighted by molar-refractivity contribution is 0.555. The Hall–Kier alpha value is -2.39. The van der Waals surface area contributed by atoms with Crippen molar-refractivity contribution in [2.24, 2.45) is 0 Å². The normalized spacial score (nSPS) is 12.1. The summed E-state index contributed by atoms with van der Waals surface area (Å²) in [4.78, 5) is 0.349. The predicted octanol–water partition coefficient (Wildman–Crippen LogP) is 5.06. The van der Waals surface area contributed by atoms with Crippen LogP contribution in [0.2, 0.25) is 0 Å². The Balaban J connectivity index is 1.99. The molecule has 0 amide bonds. The summed E-state index contributed by atoms with van der Waals surface area (Å²) < 4.78 is 25.0. The molecule has 0 atom stereocenters. The van der Waals surface area contributed by atoms with Gasteiger partial charge in [0.25, 0.3) is 0 Å². The summed E-state index contributed by atoms with van der Waals surface area (Å²) in [6.07, 6.45) is 0. The van der Waals surface area contributed by atoms with E-state index >= 15 is 0 Å². The smallest absolute Gasteiger partial charge is 0.187 e. The third kappa shape index (κ3) is 2.87. The molecule has 0 spiro atoms. The van der Waals surface area contributed by atoms with E-state index < -0.39 is 14.6 Å². The van der Waals surface area contributed by atoms with Gasteiger partial charge in [-0.1, -0.05) is 72.8 Å². The van der Waals surface area contributed by atoms with Crippen LogP contribution in [-0.2, 0) is 14.6 Å². The molecule has 0 aliphatic heterocycles. The van der Waals surface area contributed by atoms with Crippen LogP contribution in [0.15, 0.2) is 89.8 Å². The highest BCUT2D eigenvalue weighted by Crippen LogP contribution is 2.35. The molecule has 24 heavy (non-hydrogen) atoms. The second-order valence-corrected chi connectivity index (χ2v) is 8.77. The first-order chi connectivity index (χ1) is 11.4. The molecule has 3 aromatic carbocycles. The van der Waals surface area contributed by atoms with Crippen molar-refractivity contribution < 1.29 is 8.42 Å². The molecule has 0 heterocycles. The van der Waals surface area contributed by atoms with Crippen LogP contribution in [0.25, 0.3) is 11.1 Å². The topological polar surface area (TPSA) is 34.1 Å². The van der Waals surface area contributed by atoms with Crippen LogP contribution in [0.5, 0.6) is 0 Å². The van der Waals surface area contributed by atoms with E-state index in [0.717, 1.165) is 16.7 Å². The fourth-order valence-electron chi connectivity index (χ4n) is 2.74. The molecule has 3 aromatic rings. The van der Waals surface area contributed by atoms with Crippen LogP contribution in [0.3, 0.4) is 0 Å². The van der Waals surface area contributed by atoms with Gasteiger partial charge in [0.05, 0.1) is 9.64 Å². The highest BCUT2D eigenvalue weighted by Gasteiger charge is 2.37. The minimum atomic E-state index is -3.47. The zero-order valence-corrected chi connectivity index (χ0v) is 14.6. The molecule has 2 nitrogen and oxygen atoms in total. The van der Waals surface area contributed by atoms with Crippen molar-refractivity contribution in [2.45, 2.75) is 23.5 Å². The van der Waals surface area contributed by atoms with Crippen molar-refractivity contribution in [1.82, 2.24) is 0 Å². The van der Waals surface area contributed by atoms with Gasteiger partial charge in [-0.05, 0) is 42.7 Å². The number of rotatable bonds is 4. The van der Waals surface area contributed by atoms with Crippen LogP contribution in [0.4, 0.5) is 0 Å². The molecule has 0 aliphatic rings. The van der Waals surface area contributed by atoms with E-state index in [1.165, 1.54) is 0 Å². The Kier molecular flexibility index (Phi) is 4.29. The van der Waals surface area contributed by atoms with Crippen LogP contribution >= 0.6 is 0 Å². The quantitative estimate of drug-likeness (QED) is 0.667. The monoisotopic (exact) mass is 336 g/mol. The molecule has 3 heteroatoms. The van der Waals surface area contributed by atoms with E-state index in [0.29, 0.717) is 4.90 Å². The first-order valence-corrected chi connectivity index (χ1v) is 9.37. The third-order valence-electron chi connectivity index (χ3n) is 4.41. The standard InChI is InChI=1S/C21H20O2S/c1-21(2,24(22,23)20-11-7-4-8-12-20)19-15-13-18(14-16-19)17-9-5-3-6-10-17/h3-16H,1-2H3. The molecule has 0 saturated carbocycles. The van der Waals surface area contributed by atoms with E-state index in [1.807, 2.05) is 60.7 Å². The van der Waals surface area contributed by atoms with E-state index in [-0.39, 0.29) is 0 Å². The molecular weight excluding hydrogens is 316 g/mol. The molecule has 0 radical (unpaired) electrons. The molecule has 0 aromatic heterocycles. The van der Waals surface area contributed by atoms with Crippen molar-refractivity contribution in [3.63, 3.8) is 0 Å². The van der Waals surface area contributed by atoms with Crippen molar-refractivity contribution in [2.75, 3.05) is 0 Å². The average molecular weight is 336 g/mol. The molecule has 0 bridgehead atoms. The number of hydrogen-bond donors (Lipinski definition) is 0. The molecule has 0 N–H and O–H groups in total. The van der Waals surface area contributed by atoms with Crippen LogP contribution < -0.4 is 0 Å². The lowest BCUT2D eigenvalue weighted by atomic mass is 9.98. The molecule has 0 saturated heterocycles. The van der Waals surface area contributed by atoms with Gasteiger partial charge in [0.1, 0.15) is 0 Å². The fraction of sp³-hybridized carbons (Fsp3) is 0.143. The Morgan fingerprint density at radius 3 is 1.62 bits per heavy atom. The molecule has 0 fully saturated rings.